The Morgan fingerprint density at radius 2 is 0.947 bits per heavy atom. The van der Waals surface area contributed by atoms with Gasteiger partial charge in [-0.05, 0) is 191 Å². The zero-order chi connectivity index (χ0) is 51.9. The Kier molecular flexibility index (Phi) is 18.0. The van der Waals surface area contributed by atoms with Crippen molar-refractivity contribution < 1.29 is 9.59 Å². The highest BCUT2D eigenvalue weighted by Crippen LogP contribution is 2.34. The van der Waals surface area contributed by atoms with E-state index in [9.17, 15) is 9.59 Å². The van der Waals surface area contributed by atoms with Crippen LogP contribution in [0.5, 0.6) is 0 Å². The van der Waals surface area contributed by atoms with E-state index in [4.69, 9.17) is 5.73 Å². The first-order valence-electron chi connectivity index (χ1n) is 26.7. The van der Waals surface area contributed by atoms with Gasteiger partial charge in [0.05, 0.1) is 34.8 Å². The first kappa shape index (κ1) is 54.5. The van der Waals surface area contributed by atoms with Gasteiger partial charge in [-0.15, -0.1) is 12.4 Å². The maximum absolute atomic E-state index is 13.6. The number of ketones is 2. The Morgan fingerprint density at radius 3 is 1.36 bits per heavy atom. The molecular weight excluding hydrogens is 946 g/mol. The first-order valence-corrected chi connectivity index (χ1v) is 26.7. The Morgan fingerprint density at radius 1 is 0.533 bits per heavy atom. The van der Waals surface area contributed by atoms with Crippen LogP contribution < -0.4 is 16.4 Å². The van der Waals surface area contributed by atoms with E-state index in [2.05, 4.69) is 146 Å². The number of nitrogens with two attached hydrogens (primary N) is 1. The van der Waals surface area contributed by atoms with Crippen LogP contribution >= 0.6 is 12.4 Å². The number of nitrogens with zero attached hydrogens (tertiary/aromatic N) is 4. The Hall–Kier alpha value is -6.75. The highest BCUT2D eigenvalue weighted by molar-refractivity contribution is 5.97. The summed E-state index contributed by atoms with van der Waals surface area (Å²) in [4.78, 5) is 27.1. The minimum Gasteiger partial charge on any atom is -0.326 e. The van der Waals surface area contributed by atoms with E-state index >= 15 is 0 Å². The Labute approximate surface area is 450 Å². The Bertz CT molecular complexity index is 3050. The lowest BCUT2D eigenvalue weighted by molar-refractivity contribution is 0.0977. The summed E-state index contributed by atoms with van der Waals surface area (Å²) in [5, 5.41) is 16.9. The van der Waals surface area contributed by atoms with E-state index < -0.39 is 0 Å². The molecule has 10 rings (SSSR count). The number of carbonyl (C=O) groups excluding carboxylic acids is 2. The summed E-state index contributed by atoms with van der Waals surface area (Å²) in [5.41, 5.74) is 24.9. The fourth-order valence-corrected chi connectivity index (χ4v) is 10.2. The molecule has 2 unspecified atom stereocenters. The van der Waals surface area contributed by atoms with Gasteiger partial charge in [-0.25, -0.2) is 9.36 Å². The molecule has 2 saturated carbocycles. The van der Waals surface area contributed by atoms with Gasteiger partial charge in [0.1, 0.15) is 11.4 Å². The van der Waals surface area contributed by atoms with Gasteiger partial charge in [0.25, 0.3) is 0 Å². The van der Waals surface area contributed by atoms with Crippen molar-refractivity contribution in [3.8, 4) is 11.4 Å². The van der Waals surface area contributed by atoms with Crippen LogP contribution in [0.3, 0.4) is 0 Å². The Balaban J connectivity index is 0.000000197. The van der Waals surface area contributed by atoms with Crippen LogP contribution in [0.1, 0.15) is 144 Å². The largest absolute Gasteiger partial charge is 0.326 e. The minimum atomic E-state index is 0. The van der Waals surface area contributed by atoms with E-state index in [0.717, 1.165) is 70.8 Å². The summed E-state index contributed by atoms with van der Waals surface area (Å²) in [6.07, 6.45) is 6.85. The van der Waals surface area contributed by atoms with Crippen LogP contribution in [-0.4, -0.2) is 44.2 Å². The number of carbonyl (C=O) groups is 2. The van der Waals surface area contributed by atoms with Crippen molar-refractivity contribution in [2.45, 2.75) is 112 Å². The molecule has 2 aromatic heterocycles. The van der Waals surface area contributed by atoms with E-state index in [0.29, 0.717) is 30.8 Å². The van der Waals surface area contributed by atoms with E-state index in [1.807, 2.05) is 68.4 Å². The SMILES string of the molecule is CCc1cccc(-n2nc(C)cc2C(=O)Cc2cccc(C(NCC3CC3)c3ccc(C)cc3C)c2)c1.Cc1ccc(C(NCC2CC2)c2cccc(CC(=O)c3cc(C)nn3-c3cccc(CN)c3)c2)c(C)c1.Cl. The number of halogens is 1. The maximum Gasteiger partial charge on any atom is 0.185 e. The van der Waals surface area contributed by atoms with Crippen LogP contribution in [0.2, 0.25) is 0 Å². The van der Waals surface area contributed by atoms with Crippen molar-refractivity contribution >= 4 is 24.0 Å². The molecule has 388 valence electrons. The number of Topliss-reactive ketones (excluding diaryl/α,β-unsaturated/α-hetero) is 2. The molecule has 6 aromatic carbocycles. The van der Waals surface area contributed by atoms with Gasteiger partial charge in [-0.1, -0.05) is 127 Å². The van der Waals surface area contributed by atoms with Crippen LogP contribution in [0.25, 0.3) is 11.4 Å². The van der Waals surface area contributed by atoms with Crippen molar-refractivity contribution in [2.24, 2.45) is 17.6 Å². The predicted octanol–water partition coefficient (Wildman–Crippen LogP) is 13.1. The predicted molar refractivity (Wildman–Crippen MR) is 307 cm³/mol. The minimum absolute atomic E-state index is 0. The molecule has 8 aromatic rings. The number of nitrogens with one attached hydrogen (secondary N) is 2. The molecule has 0 amide bonds. The average molecular weight is 1020 g/mol. The van der Waals surface area contributed by atoms with Gasteiger partial charge in [0.15, 0.2) is 11.6 Å². The topological polar surface area (TPSA) is 120 Å². The highest BCUT2D eigenvalue weighted by atomic mass is 35.5. The van der Waals surface area contributed by atoms with Gasteiger partial charge in [-0.3, -0.25) is 9.59 Å². The quantitative estimate of drug-likeness (QED) is 0.0651. The second-order valence-electron chi connectivity index (χ2n) is 21.0. The molecule has 75 heavy (non-hydrogen) atoms. The van der Waals surface area contributed by atoms with E-state index in [1.165, 1.54) is 75.8 Å². The average Bonchev–Trinajstić information content (AvgIpc) is 4.33. The maximum atomic E-state index is 13.6. The van der Waals surface area contributed by atoms with Gasteiger partial charge < -0.3 is 16.4 Å². The van der Waals surface area contributed by atoms with E-state index in [1.54, 1.807) is 9.36 Å². The lowest BCUT2D eigenvalue weighted by Crippen LogP contribution is -2.25. The summed E-state index contributed by atoms with van der Waals surface area (Å²) in [5.74, 6) is 1.69. The fourth-order valence-electron chi connectivity index (χ4n) is 10.2. The fraction of sp³-hybridized carbons (Fsp3) is 0.323. The third-order valence-corrected chi connectivity index (χ3v) is 14.6. The van der Waals surface area contributed by atoms with Crippen molar-refractivity contribution in [1.82, 2.24) is 30.2 Å². The second-order valence-corrected chi connectivity index (χ2v) is 21.0. The molecule has 0 saturated heterocycles. The number of rotatable bonds is 20. The van der Waals surface area contributed by atoms with Crippen LogP contribution in [-0.2, 0) is 25.8 Å². The monoisotopic (exact) mass is 1020 g/mol. The standard InChI is InChI=1S/C33H37N3O.C32H36N4O.ClH/c1-5-25-8-7-11-29(19-25)36-31(17-24(4)35-36)32(37)20-27-9-6-10-28(18-27)33(34-21-26-13-14-26)30-15-12-22(2)16-23(30)3;1-21-10-13-29(22(2)14-21)32(34-20-24-11-12-24)27-8-4-6-25(16-27)18-31(37)30-15-23(3)35-36(30)28-9-5-7-26(17-28)19-33;/h6-12,15-19,26,33-34H,5,13-14,20-21H2,1-4H3;4-10,13-17,24,32,34H,11-12,18-20,33H2,1-3H3;1H. The molecule has 2 atom stereocenters. The molecule has 4 N–H and O–H groups in total. The van der Waals surface area contributed by atoms with Gasteiger partial charge >= 0.3 is 0 Å². The zero-order valence-electron chi connectivity index (χ0n) is 44.8. The van der Waals surface area contributed by atoms with Gasteiger partial charge in [0, 0.05) is 19.4 Å². The molecule has 2 aliphatic carbocycles. The van der Waals surface area contributed by atoms with Crippen LogP contribution in [0.15, 0.2) is 146 Å². The number of hydrogen-bond acceptors (Lipinski definition) is 7. The lowest BCUT2D eigenvalue weighted by atomic mass is 9.92. The van der Waals surface area contributed by atoms with E-state index in [-0.39, 0.29) is 36.1 Å². The van der Waals surface area contributed by atoms with Crippen molar-refractivity contribution in [1.29, 1.82) is 0 Å². The molecule has 2 heterocycles. The van der Waals surface area contributed by atoms with Crippen LogP contribution in [0, 0.1) is 53.4 Å². The third kappa shape index (κ3) is 14.0. The summed E-state index contributed by atoms with van der Waals surface area (Å²) in [6, 6.07) is 50.5. The number of aryl methyl sites for hydroxylation is 7. The molecule has 0 bridgehead atoms. The number of hydrogen-bond donors (Lipinski definition) is 3. The van der Waals surface area contributed by atoms with Crippen molar-refractivity contribution in [3.63, 3.8) is 0 Å². The summed E-state index contributed by atoms with van der Waals surface area (Å²) in [6.45, 7) is 17.1. The highest BCUT2D eigenvalue weighted by Gasteiger charge is 2.27. The third-order valence-electron chi connectivity index (χ3n) is 14.6. The molecule has 0 spiro atoms. The lowest BCUT2D eigenvalue weighted by Gasteiger charge is -2.23. The molecular formula is C65H74ClN7O2. The molecule has 10 heteroatoms. The van der Waals surface area contributed by atoms with Crippen molar-refractivity contribution in [3.05, 3.63) is 235 Å². The zero-order valence-corrected chi connectivity index (χ0v) is 45.6. The smallest absolute Gasteiger partial charge is 0.185 e. The molecule has 0 aliphatic heterocycles. The summed E-state index contributed by atoms with van der Waals surface area (Å²) < 4.78 is 3.55. The molecule has 0 radical (unpaired) electrons. The summed E-state index contributed by atoms with van der Waals surface area (Å²) in [7, 11) is 0. The molecule has 9 nitrogen and oxygen atoms in total. The van der Waals surface area contributed by atoms with Crippen LogP contribution in [0.4, 0.5) is 0 Å². The normalized spacial score (nSPS) is 13.9. The van der Waals surface area contributed by atoms with Gasteiger partial charge in [-0.2, -0.15) is 10.2 Å². The summed E-state index contributed by atoms with van der Waals surface area (Å²) >= 11 is 0. The van der Waals surface area contributed by atoms with Gasteiger partial charge in [0.2, 0.25) is 0 Å². The number of benzene rings is 6. The number of aromatic nitrogens is 4. The first-order chi connectivity index (χ1) is 35.8. The molecule has 2 aliphatic rings. The second kappa shape index (κ2) is 24.7. The molecule has 2 fully saturated rings. The van der Waals surface area contributed by atoms with Crippen molar-refractivity contribution in [2.75, 3.05) is 13.1 Å².